The maximum absolute atomic E-state index is 4.18. The smallest absolute Gasteiger partial charge is 0.197 e. The van der Waals surface area contributed by atoms with E-state index < -0.39 is 0 Å². The first-order chi connectivity index (χ1) is 6.36. The topological polar surface area (TPSA) is 43.6 Å². The fraction of sp³-hybridized carbons (Fsp3) is 0.125. The second-order valence-corrected chi connectivity index (χ2v) is 3.48. The van der Waals surface area contributed by atoms with Gasteiger partial charge >= 0.3 is 0 Å². The quantitative estimate of drug-likeness (QED) is 0.720. The van der Waals surface area contributed by atoms with Crippen LogP contribution in [0.5, 0.6) is 0 Å². The van der Waals surface area contributed by atoms with Gasteiger partial charge in [0, 0.05) is 13.2 Å². The lowest BCUT2D eigenvalue weighted by Crippen LogP contribution is -1.88. The zero-order chi connectivity index (χ0) is 9.10. The third kappa shape index (κ3) is 1.86. The molecule has 0 saturated heterocycles. The van der Waals surface area contributed by atoms with Crippen molar-refractivity contribution in [3.63, 3.8) is 0 Å². The van der Waals surface area contributed by atoms with Crippen LogP contribution in [0.2, 0.25) is 0 Å². The van der Waals surface area contributed by atoms with Crippen LogP contribution >= 0.6 is 11.8 Å². The van der Waals surface area contributed by atoms with Crippen LogP contribution in [-0.4, -0.2) is 19.7 Å². The van der Waals surface area contributed by atoms with Crippen molar-refractivity contribution in [2.24, 2.45) is 7.05 Å². The maximum atomic E-state index is 4.18. The molecule has 13 heavy (non-hydrogen) atoms. The number of rotatable bonds is 2. The molecule has 0 aliphatic rings. The third-order valence-corrected chi connectivity index (χ3v) is 2.51. The van der Waals surface area contributed by atoms with Crippen molar-refractivity contribution in [2.75, 3.05) is 0 Å². The maximum Gasteiger partial charge on any atom is 0.197 e. The van der Waals surface area contributed by atoms with Crippen LogP contribution in [0.4, 0.5) is 0 Å². The SMILES string of the molecule is Cn1cnnc1Sc1ccccn1. The van der Waals surface area contributed by atoms with Crippen molar-refractivity contribution in [3.05, 3.63) is 30.7 Å². The van der Waals surface area contributed by atoms with Gasteiger partial charge in [-0.05, 0) is 23.9 Å². The van der Waals surface area contributed by atoms with Crippen LogP contribution in [0.1, 0.15) is 0 Å². The van der Waals surface area contributed by atoms with Crippen LogP contribution in [0.25, 0.3) is 0 Å². The van der Waals surface area contributed by atoms with Crippen molar-refractivity contribution in [1.82, 2.24) is 19.7 Å². The summed E-state index contributed by atoms with van der Waals surface area (Å²) in [5, 5.41) is 9.50. The van der Waals surface area contributed by atoms with Gasteiger partial charge in [0.2, 0.25) is 0 Å². The zero-order valence-electron chi connectivity index (χ0n) is 7.08. The lowest BCUT2D eigenvalue weighted by Gasteiger charge is -1.97. The van der Waals surface area contributed by atoms with Gasteiger partial charge in [0.05, 0.1) is 0 Å². The Kier molecular flexibility index (Phi) is 2.27. The highest BCUT2D eigenvalue weighted by Crippen LogP contribution is 2.21. The van der Waals surface area contributed by atoms with Crippen molar-refractivity contribution in [2.45, 2.75) is 10.2 Å². The molecule has 2 heterocycles. The second-order valence-electron chi connectivity index (χ2n) is 2.49. The van der Waals surface area contributed by atoms with Crippen LogP contribution < -0.4 is 0 Å². The average molecular weight is 192 g/mol. The van der Waals surface area contributed by atoms with Gasteiger partial charge < -0.3 is 4.57 Å². The van der Waals surface area contributed by atoms with E-state index in [1.54, 1.807) is 12.5 Å². The molecule has 0 atom stereocenters. The Labute approximate surface area is 80.0 Å². The highest BCUT2D eigenvalue weighted by atomic mass is 32.2. The summed E-state index contributed by atoms with van der Waals surface area (Å²) in [6, 6.07) is 5.78. The van der Waals surface area contributed by atoms with Gasteiger partial charge in [0.1, 0.15) is 11.4 Å². The van der Waals surface area contributed by atoms with Gasteiger partial charge in [-0.3, -0.25) is 0 Å². The van der Waals surface area contributed by atoms with E-state index in [0.29, 0.717) is 0 Å². The number of hydrogen-bond acceptors (Lipinski definition) is 4. The lowest BCUT2D eigenvalue weighted by atomic mass is 10.5. The summed E-state index contributed by atoms with van der Waals surface area (Å²) < 4.78 is 1.86. The van der Waals surface area contributed by atoms with Gasteiger partial charge in [-0.15, -0.1) is 10.2 Å². The van der Waals surface area contributed by atoms with E-state index in [-0.39, 0.29) is 0 Å². The molecule has 4 nitrogen and oxygen atoms in total. The molecule has 0 spiro atoms. The second kappa shape index (κ2) is 3.57. The molecule has 0 bridgehead atoms. The molecule has 2 rings (SSSR count). The molecular formula is C8H8N4S. The van der Waals surface area contributed by atoms with E-state index in [0.717, 1.165) is 10.2 Å². The van der Waals surface area contributed by atoms with Gasteiger partial charge in [-0.25, -0.2) is 4.98 Å². The monoisotopic (exact) mass is 192 g/mol. The van der Waals surface area contributed by atoms with Crippen molar-refractivity contribution < 1.29 is 0 Å². The van der Waals surface area contributed by atoms with Gasteiger partial charge in [-0.2, -0.15) is 0 Å². The van der Waals surface area contributed by atoms with Crippen LogP contribution in [0.15, 0.2) is 40.9 Å². The van der Waals surface area contributed by atoms with Crippen LogP contribution in [-0.2, 0) is 7.05 Å². The summed E-state index contributed by atoms with van der Waals surface area (Å²) >= 11 is 1.50. The third-order valence-electron chi connectivity index (χ3n) is 1.50. The first-order valence-corrected chi connectivity index (χ1v) is 4.61. The first kappa shape index (κ1) is 8.25. The Hall–Kier alpha value is -1.36. The standard InChI is InChI=1S/C8H8N4S/c1-12-6-10-11-8(12)13-7-4-2-3-5-9-7/h2-6H,1H3. The van der Waals surface area contributed by atoms with E-state index in [9.17, 15) is 0 Å². The number of aromatic nitrogens is 4. The van der Waals surface area contributed by atoms with Crippen LogP contribution in [0, 0.1) is 0 Å². The molecule has 0 unspecified atom stereocenters. The minimum atomic E-state index is 0.846. The van der Waals surface area contributed by atoms with Gasteiger partial charge in [-0.1, -0.05) is 6.07 Å². The number of nitrogens with zero attached hydrogens (tertiary/aromatic N) is 4. The predicted molar refractivity (Wildman–Crippen MR) is 49.4 cm³/mol. The Morgan fingerprint density at radius 3 is 2.92 bits per heavy atom. The number of aryl methyl sites for hydroxylation is 1. The molecule has 0 fully saturated rings. The zero-order valence-corrected chi connectivity index (χ0v) is 7.90. The normalized spacial score (nSPS) is 10.2. The molecular weight excluding hydrogens is 184 g/mol. The summed E-state index contributed by atoms with van der Waals surface area (Å²) in [6.07, 6.45) is 3.43. The molecule has 2 aromatic rings. The molecule has 0 aliphatic carbocycles. The minimum Gasteiger partial charge on any atom is -0.311 e. The molecule has 0 aromatic carbocycles. The van der Waals surface area contributed by atoms with Crippen molar-refractivity contribution in [1.29, 1.82) is 0 Å². The molecule has 0 N–H and O–H groups in total. The Bertz CT molecular complexity index is 384. The average Bonchev–Trinajstić information content (AvgIpc) is 2.54. The highest BCUT2D eigenvalue weighted by molar-refractivity contribution is 7.99. The molecule has 5 heteroatoms. The van der Waals surface area contributed by atoms with E-state index in [1.165, 1.54) is 11.8 Å². The summed E-state index contributed by atoms with van der Waals surface area (Å²) in [5.74, 6) is 0. The molecule has 0 saturated carbocycles. The number of hydrogen-bond donors (Lipinski definition) is 0. The molecule has 0 amide bonds. The first-order valence-electron chi connectivity index (χ1n) is 3.79. The summed E-state index contributed by atoms with van der Waals surface area (Å²) in [7, 11) is 1.91. The molecule has 0 aliphatic heterocycles. The Morgan fingerprint density at radius 1 is 1.38 bits per heavy atom. The lowest BCUT2D eigenvalue weighted by molar-refractivity contribution is 0.787. The summed E-state index contributed by atoms with van der Waals surface area (Å²) in [5.41, 5.74) is 0. The largest absolute Gasteiger partial charge is 0.311 e. The number of pyridine rings is 1. The van der Waals surface area contributed by atoms with Crippen LogP contribution in [0.3, 0.4) is 0 Å². The Balaban J connectivity index is 2.20. The van der Waals surface area contributed by atoms with Crippen molar-refractivity contribution >= 4 is 11.8 Å². The van der Waals surface area contributed by atoms with Gasteiger partial charge in [0.25, 0.3) is 0 Å². The van der Waals surface area contributed by atoms with E-state index in [2.05, 4.69) is 15.2 Å². The van der Waals surface area contributed by atoms with E-state index >= 15 is 0 Å². The molecule has 2 aromatic heterocycles. The van der Waals surface area contributed by atoms with E-state index in [4.69, 9.17) is 0 Å². The minimum absolute atomic E-state index is 0.846. The fourth-order valence-electron chi connectivity index (χ4n) is 0.866. The summed E-state index contributed by atoms with van der Waals surface area (Å²) in [4.78, 5) is 4.18. The van der Waals surface area contributed by atoms with E-state index in [1.807, 2.05) is 29.8 Å². The molecule has 0 radical (unpaired) electrons. The summed E-state index contributed by atoms with van der Waals surface area (Å²) in [6.45, 7) is 0. The molecule has 66 valence electrons. The Morgan fingerprint density at radius 2 is 2.31 bits per heavy atom. The van der Waals surface area contributed by atoms with Crippen molar-refractivity contribution in [3.8, 4) is 0 Å². The predicted octanol–water partition coefficient (Wildman–Crippen LogP) is 1.36. The van der Waals surface area contributed by atoms with Gasteiger partial charge in [0.15, 0.2) is 5.16 Å². The fourth-order valence-corrected chi connectivity index (χ4v) is 1.59. The highest BCUT2D eigenvalue weighted by Gasteiger charge is 2.02.